The van der Waals surface area contributed by atoms with Crippen LogP contribution in [0.2, 0.25) is 0 Å². The molecule has 0 bridgehead atoms. The summed E-state index contributed by atoms with van der Waals surface area (Å²) < 4.78 is 20.8. The number of hydrogen-bond acceptors (Lipinski definition) is 5. The van der Waals surface area contributed by atoms with E-state index >= 15 is 0 Å². The highest BCUT2D eigenvalue weighted by atomic mass is 79.9. The van der Waals surface area contributed by atoms with E-state index in [1.54, 1.807) is 29.2 Å². The smallest absolute Gasteiger partial charge is 0.224 e. The lowest BCUT2D eigenvalue weighted by Crippen LogP contribution is -2.58. The molecule has 0 aromatic heterocycles. The van der Waals surface area contributed by atoms with Gasteiger partial charge in [-0.15, -0.1) is 0 Å². The number of anilines is 2. The van der Waals surface area contributed by atoms with Gasteiger partial charge in [-0.3, -0.25) is 4.79 Å². The number of aliphatic hydroxyl groups is 2. The van der Waals surface area contributed by atoms with Gasteiger partial charge in [0.05, 0.1) is 5.69 Å². The van der Waals surface area contributed by atoms with Crippen LogP contribution in [0.25, 0.3) is 0 Å². The predicted octanol–water partition coefficient (Wildman–Crippen LogP) is 2.85. The van der Waals surface area contributed by atoms with Crippen molar-refractivity contribution in [1.82, 2.24) is 0 Å². The number of benzene rings is 2. The van der Waals surface area contributed by atoms with Crippen molar-refractivity contribution in [3.8, 4) is 5.75 Å². The predicted molar refractivity (Wildman–Crippen MR) is 111 cm³/mol. The Bertz CT molecular complexity index is 941. The van der Waals surface area contributed by atoms with Crippen molar-refractivity contribution in [1.29, 1.82) is 0 Å². The van der Waals surface area contributed by atoms with E-state index in [0.29, 0.717) is 41.0 Å². The zero-order valence-corrected chi connectivity index (χ0v) is 17.3. The quantitative estimate of drug-likeness (QED) is 0.647. The first-order chi connectivity index (χ1) is 13.9. The number of ether oxygens (including phenoxy) is 1. The molecule has 1 fully saturated rings. The maximum Gasteiger partial charge on any atom is 0.224 e. The van der Waals surface area contributed by atoms with Gasteiger partial charge in [0.25, 0.3) is 0 Å². The number of carbonyl (C=O) groups excluding carboxylic acids is 1. The van der Waals surface area contributed by atoms with Crippen LogP contribution < -0.4 is 15.0 Å². The number of piperidine rings is 1. The number of halogens is 2. The lowest BCUT2D eigenvalue weighted by molar-refractivity contribution is -0.116. The maximum absolute atomic E-state index is 14.2. The van der Waals surface area contributed by atoms with Crippen LogP contribution >= 0.6 is 15.9 Å². The Kier molecular flexibility index (Phi) is 5.50. The van der Waals surface area contributed by atoms with E-state index in [1.807, 2.05) is 6.07 Å². The fraction of sp³-hybridized carbons (Fsp3) is 0.381. The first-order valence-corrected chi connectivity index (χ1v) is 10.3. The van der Waals surface area contributed by atoms with Crippen molar-refractivity contribution < 1.29 is 24.1 Å². The molecule has 154 valence electrons. The van der Waals surface area contributed by atoms with Gasteiger partial charge < -0.3 is 25.2 Å². The second-order valence-electron chi connectivity index (χ2n) is 7.53. The fourth-order valence-corrected chi connectivity index (χ4v) is 4.15. The van der Waals surface area contributed by atoms with Crippen molar-refractivity contribution >= 4 is 33.2 Å². The molecule has 3 N–H and O–H groups in total. The van der Waals surface area contributed by atoms with E-state index in [-0.39, 0.29) is 31.3 Å². The van der Waals surface area contributed by atoms with Crippen LogP contribution in [0.15, 0.2) is 40.9 Å². The Labute approximate surface area is 176 Å². The van der Waals surface area contributed by atoms with Crippen molar-refractivity contribution in [2.24, 2.45) is 0 Å². The first kappa shape index (κ1) is 20.1. The minimum absolute atomic E-state index is 0.0313. The van der Waals surface area contributed by atoms with Crippen LogP contribution in [-0.2, 0) is 11.2 Å². The molecule has 0 radical (unpaired) electrons. The second kappa shape index (κ2) is 7.93. The van der Waals surface area contributed by atoms with E-state index in [2.05, 4.69) is 21.2 Å². The zero-order valence-electron chi connectivity index (χ0n) is 15.7. The van der Waals surface area contributed by atoms with E-state index in [1.165, 1.54) is 6.07 Å². The Morgan fingerprint density at radius 2 is 2.14 bits per heavy atom. The SMILES string of the molecule is O=C1CCc2c(cccc2OC[C@]2(O)CCN(c3ccc(Br)cc3F)C[C@H]2O)N1. The number of amides is 1. The third-order valence-electron chi connectivity index (χ3n) is 5.57. The van der Waals surface area contributed by atoms with Gasteiger partial charge in [-0.2, -0.15) is 0 Å². The number of hydrogen-bond donors (Lipinski definition) is 3. The lowest BCUT2D eigenvalue weighted by Gasteiger charge is -2.42. The molecule has 2 aromatic rings. The van der Waals surface area contributed by atoms with Gasteiger partial charge in [-0.05, 0) is 43.2 Å². The van der Waals surface area contributed by atoms with E-state index < -0.39 is 11.7 Å². The van der Waals surface area contributed by atoms with Crippen molar-refractivity contribution in [2.45, 2.75) is 31.0 Å². The van der Waals surface area contributed by atoms with Crippen LogP contribution in [-0.4, -0.2) is 47.5 Å². The largest absolute Gasteiger partial charge is 0.490 e. The third kappa shape index (κ3) is 4.10. The molecule has 4 rings (SSSR count). The van der Waals surface area contributed by atoms with Crippen molar-refractivity contribution in [3.05, 3.63) is 52.3 Å². The molecule has 6 nitrogen and oxygen atoms in total. The number of fused-ring (bicyclic) bond motifs is 1. The zero-order chi connectivity index (χ0) is 20.6. The maximum atomic E-state index is 14.2. The molecule has 29 heavy (non-hydrogen) atoms. The number of β-amino-alcohol motifs (C(OH)–C–C–N with tert-alkyl or cyclic N) is 1. The normalized spacial score (nSPS) is 24.1. The molecule has 2 aromatic carbocycles. The third-order valence-corrected chi connectivity index (χ3v) is 6.06. The van der Waals surface area contributed by atoms with Gasteiger partial charge in [0.2, 0.25) is 5.91 Å². The highest BCUT2D eigenvalue weighted by molar-refractivity contribution is 9.10. The molecule has 0 unspecified atom stereocenters. The second-order valence-corrected chi connectivity index (χ2v) is 8.45. The van der Waals surface area contributed by atoms with Gasteiger partial charge >= 0.3 is 0 Å². The molecule has 1 saturated heterocycles. The fourth-order valence-electron chi connectivity index (χ4n) is 3.82. The average Bonchev–Trinajstić information content (AvgIpc) is 2.68. The summed E-state index contributed by atoms with van der Waals surface area (Å²) in [6.07, 6.45) is 0.0803. The molecule has 2 atom stereocenters. The number of nitrogens with zero attached hydrogens (tertiary/aromatic N) is 1. The Morgan fingerprint density at radius 3 is 2.90 bits per heavy atom. The summed E-state index contributed by atoms with van der Waals surface area (Å²) in [6.45, 7) is 0.398. The molecular weight excluding hydrogens is 443 g/mol. The van der Waals surface area contributed by atoms with E-state index in [4.69, 9.17) is 4.74 Å². The van der Waals surface area contributed by atoms with E-state index in [0.717, 1.165) is 5.56 Å². The summed E-state index contributed by atoms with van der Waals surface area (Å²) in [7, 11) is 0. The minimum atomic E-state index is -1.44. The highest BCUT2D eigenvalue weighted by Crippen LogP contribution is 2.34. The highest BCUT2D eigenvalue weighted by Gasteiger charge is 2.42. The molecule has 8 heteroatoms. The van der Waals surface area contributed by atoms with Gasteiger partial charge in [-0.1, -0.05) is 22.0 Å². The molecule has 0 aliphatic carbocycles. The lowest BCUT2D eigenvalue weighted by atomic mass is 9.89. The number of rotatable bonds is 4. The van der Waals surface area contributed by atoms with Crippen LogP contribution in [0.1, 0.15) is 18.4 Å². The van der Waals surface area contributed by atoms with Gasteiger partial charge in [-0.25, -0.2) is 4.39 Å². The number of aliphatic hydroxyl groups excluding tert-OH is 1. The first-order valence-electron chi connectivity index (χ1n) is 9.51. The summed E-state index contributed by atoms with van der Waals surface area (Å²) in [5.41, 5.74) is 0.553. The minimum Gasteiger partial charge on any atom is -0.490 e. The number of nitrogens with one attached hydrogen (secondary N) is 1. The van der Waals surface area contributed by atoms with Crippen LogP contribution in [0.4, 0.5) is 15.8 Å². The summed E-state index contributed by atoms with van der Waals surface area (Å²) in [5.74, 6) is 0.173. The number of carbonyl (C=O) groups is 1. The Hall–Kier alpha value is -2.16. The van der Waals surface area contributed by atoms with Crippen molar-refractivity contribution in [2.75, 3.05) is 29.9 Å². The average molecular weight is 465 g/mol. The van der Waals surface area contributed by atoms with Crippen LogP contribution in [0, 0.1) is 5.82 Å². The molecule has 0 saturated carbocycles. The standard InChI is InChI=1S/C21H22BrFN2O4/c22-13-4-6-17(15(23)10-13)25-9-8-21(28,19(26)11-25)12-29-18-3-1-2-16-14(18)5-7-20(27)24-16/h1-4,6,10,19,26,28H,5,7-9,11-12H2,(H,24,27)/t19-,21-/m1/s1. The van der Waals surface area contributed by atoms with Gasteiger partial charge in [0.15, 0.2) is 0 Å². The molecular formula is C21H22BrFN2O4. The summed E-state index contributed by atoms with van der Waals surface area (Å²) >= 11 is 3.23. The molecule has 1 amide bonds. The molecule has 2 heterocycles. The van der Waals surface area contributed by atoms with Crippen LogP contribution in [0.3, 0.4) is 0 Å². The summed E-state index contributed by atoms with van der Waals surface area (Å²) in [4.78, 5) is 13.3. The molecule has 2 aliphatic heterocycles. The Morgan fingerprint density at radius 1 is 1.31 bits per heavy atom. The van der Waals surface area contributed by atoms with Crippen molar-refractivity contribution in [3.63, 3.8) is 0 Å². The van der Waals surface area contributed by atoms with Gasteiger partial charge in [0.1, 0.15) is 29.9 Å². The molecule has 0 spiro atoms. The monoisotopic (exact) mass is 464 g/mol. The molecule has 2 aliphatic rings. The van der Waals surface area contributed by atoms with Crippen LogP contribution in [0.5, 0.6) is 5.75 Å². The summed E-state index contributed by atoms with van der Waals surface area (Å²) in [5, 5.41) is 24.4. The topological polar surface area (TPSA) is 82.0 Å². The van der Waals surface area contributed by atoms with Gasteiger partial charge in [0, 0.05) is 35.2 Å². The summed E-state index contributed by atoms with van der Waals surface area (Å²) in [6, 6.07) is 10.2. The van der Waals surface area contributed by atoms with E-state index in [9.17, 15) is 19.4 Å². The Balaban J connectivity index is 1.44.